The Morgan fingerprint density at radius 1 is 1.28 bits per heavy atom. The first-order chi connectivity index (χ1) is 12.0. The number of hydrogen-bond donors (Lipinski definition) is 2. The van der Waals surface area contributed by atoms with E-state index in [0.717, 1.165) is 62.2 Å². The van der Waals surface area contributed by atoms with Crippen molar-refractivity contribution in [1.29, 1.82) is 0 Å². The second kappa shape index (κ2) is 8.14. The Balaban J connectivity index is 1.43. The Labute approximate surface area is 153 Å². The van der Waals surface area contributed by atoms with Crippen LogP contribution in [0, 0.1) is 13.8 Å². The van der Waals surface area contributed by atoms with Crippen LogP contribution in [0.3, 0.4) is 0 Å². The fourth-order valence-corrected chi connectivity index (χ4v) is 3.93. The van der Waals surface area contributed by atoms with Gasteiger partial charge in [-0.15, -0.1) is 11.3 Å². The standard InChI is InChI=1S/C17H28N6OS/c1-12-15(25-13(2)20-12)10-19-17(18-3)23-8-6-22(7-9-23)11-16(24)21-14-4-5-14/h14H,4-11H2,1-3H3,(H,18,19)(H,21,24). The molecule has 3 rings (SSSR count). The molecule has 2 fully saturated rings. The molecule has 1 aliphatic heterocycles. The average Bonchev–Trinajstić information content (AvgIpc) is 3.33. The fourth-order valence-electron chi connectivity index (χ4n) is 3.05. The highest BCUT2D eigenvalue weighted by molar-refractivity contribution is 7.11. The van der Waals surface area contributed by atoms with E-state index in [-0.39, 0.29) is 5.91 Å². The molecule has 0 bridgehead atoms. The van der Waals surface area contributed by atoms with E-state index >= 15 is 0 Å². The molecular formula is C17H28N6OS. The molecule has 2 aliphatic rings. The summed E-state index contributed by atoms with van der Waals surface area (Å²) in [4.78, 5) is 26.5. The highest BCUT2D eigenvalue weighted by Gasteiger charge is 2.25. The molecule has 0 atom stereocenters. The molecule has 1 aliphatic carbocycles. The summed E-state index contributed by atoms with van der Waals surface area (Å²) in [5, 5.41) is 7.60. The molecule has 1 aromatic heterocycles. The Morgan fingerprint density at radius 3 is 2.56 bits per heavy atom. The summed E-state index contributed by atoms with van der Waals surface area (Å²) in [6, 6.07) is 0.440. The van der Waals surface area contributed by atoms with E-state index in [1.165, 1.54) is 4.88 Å². The zero-order chi connectivity index (χ0) is 17.8. The van der Waals surface area contributed by atoms with E-state index in [2.05, 4.69) is 37.3 Å². The van der Waals surface area contributed by atoms with Crippen molar-refractivity contribution >= 4 is 23.2 Å². The number of carbonyl (C=O) groups is 1. The van der Waals surface area contributed by atoms with Gasteiger partial charge in [-0.05, 0) is 26.7 Å². The first-order valence-corrected chi connectivity index (χ1v) is 9.77. The van der Waals surface area contributed by atoms with Crippen molar-refractivity contribution in [3.8, 4) is 0 Å². The van der Waals surface area contributed by atoms with Crippen LogP contribution in [-0.2, 0) is 11.3 Å². The minimum absolute atomic E-state index is 0.162. The van der Waals surface area contributed by atoms with E-state index < -0.39 is 0 Å². The third kappa shape index (κ3) is 5.15. The number of thiazole rings is 1. The molecule has 7 nitrogen and oxygen atoms in total. The number of nitrogens with zero attached hydrogens (tertiary/aromatic N) is 4. The van der Waals surface area contributed by atoms with Crippen LogP contribution in [0.25, 0.3) is 0 Å². The fraction of sp³-hybridized carbons (Fsp3) is 0.706. The van der Waals surface area contributed by atoms with Gasteiger partial charge in [-0.25, -0.2) is 4.98 Å². The van der Waals surface area contributed by atoms with Gasteiger partial charge in [0.15, 0.2) is 5.96 Å². The average molecular weight is 365 g/mol. The predicted octanol–water partition coefficient (Wildman–Crippen LogP) is 0.732. The van der Waals surface area contributed by atoms with Crippen LogP contribution in [0.15, 0.2) is 4.99 Å². The number of aromatic nitrogens is 1. The van der Waals surface area contributed by atoms with Crippen molar-refractivity contribution in [3.05, 3.63) is 15.6 Å². The van der Waals surface area contributed by atoms with Crippen LogP contribution in [0.5, 0.6) is 0 Å². The summed E-state index contributed by atoms with van der Waals surface area (Å²) in [5.74, 6) is 1.09. The van der Waals surface area contributed by atoms with E-state index in [0.29, 0.717) is 12.6 Å². The van der Waals surface area contributed by atoms with Crippen LogP contribution in [0.1, 0.15) is 28.4 Å². The Morgan fingerprint density at radius 2 is 2.00 bits per heavy atom. The lowest BCUT2D eigenvalue weighted by Gasteiger charge is -2.36. The molecule has 25 heavy (non-hydrogen) atoms. The first kappa shape index (κ1) is 18.1. The number of amides is 1. The monoisotopic (exact) mass is 364 g/mol. The Bertz CT molecular complexity index is 631. The smallest absolute Gasteiger partial charge is 0.234 e. The molecule has 1 aromatic rings. The van der Waals surface area contributed by atoms with E-state index in [4.69, 9.17) is 0 Å². The minimum atomic E-state index is 0.162. The van der Waals surface area contributed by atoms with Gasteiger partial charge in [0.25, 0.3) is 0 Å². The second-order valence-electron chi connectivity index (χ2n) is 6.75. The van der Waals surface area contributed by atoms with Crippen molar-refractivity contribution in [2.24, 2.45) is 4.99 Å². The summed E-state index contributed by atoms with van der Waals surface area (Å²) < 4.78 is 0. The van der Waals surface area contributed by atoms with Crippen LogP contribution in [0.4, 0.5) is 0 Å². The zero-order valence-electron chi connectivity index (χ0n) is 15.3. The largest absolute Gasteiger partial charge is 0.352 e. The number of carbonyl (C=O) groups excluding carboxylic acids is 1. The number of nitrogens with one attached hydrogen (secondary N) is 2. The number of rotatable bonds is 5. The summed E-state index contributed by atoms with van der Waals surface area (Å²) in [7, 11) is 1.82. The van der Waals surface area contributed by atoms with Gasteiger partial charge in [0, 0.05) is 44.1 Å². The van der Waals surface area contributed by atoms with Gasteiger partial charge in [0.2, 0.25) is 5.91 Å². The molecule has 2 heterocycles. The van der Waals surface area contributed by atoms with Gasteiger partial charge in [0.05, 0.1) is 23.8 Å². The number of piperazine rings is 1. The van der Waals surface area contributed by atoms with Crippen LogP contribution >= 0.6 is 11.3 Å². The second-order valence-corrected chi connectivity index (χ2v) is 8.03. The molecule has 1 saturated carbocycles. The molecule has 1 saturated heterocycles. The van der Waals surface area contributed by atoms with Gasteiger partial charge >= 0.3 is 0 Å². The van der Waals surface area contributed by atoms with Crippen molar-refractivity contribution in [1.82, 2.24) is 25.4 Å². The first-order valence-electron chi connectivity index (χ1n) is 8.95. The van der Waals surface area contributed by atoms with E-state index in [1.54, 1.807) is 11.3 Å². The maximum absolute atomic E-state index is 11.9. The van der Waals surface area contributed by atoms with Crippen molar-refractivity contribution < 1.29 is 4.79 Å². The van der Waals surface area contributed by atoms with Gasteiger partial charge < -0.3 is 15.5 Å². The van der Waals surface area contributed by atoms with E-state index in [1.807, 2.05) is 14.0 Å². The van der Waals surface area contributed by atoms with E-state index in [9.17, 15) is 4.79 Å². The lowest BCUT2D eigenvalue weighted by atomic mass is 10.3. The maximum Gasteiger partial charge on any atom is 0.234 e. The predicted molar refractivity (Wildman–Crippen MR) is 101 cm³/mol. The molecule has 0 radical (unpaired) electrons. The van der Waals surface area contributed by atoms with Crippen molar-refractivity contribution in [2.75, 3.05) is 39.8 Å². The summed E-state index contributed by atoms with van der Waals surface area (Å²) >= 11 is 1.73. The molecule has 2 N–H and O–H groups in total. The topological polar surface area (TPSA) is 72.9 Å². The molecule has 0 aromatic carbocycles. The number of aliphatic imine (C=N–C) groups is 1. The summed E-state index contributed by atoms with van der Waals surface area (Å²) in [6.07, 6.45) is 2.28. The molecule has 138 valence electrons. The van der Waals surface area contributed by atoms with Crippen molar-refractivity contribution in [3.63, 3.8) is 0 Å². The van der Waals surface area contributed by atoms with Gasteiger partial charge in [-0.3, -0.25) is 14.7 Å². The SMILES string of the molecule is CN=C(NCc1sc(C)nc1C)N1CCN(CC(=O)NC2CC2)CC1. The third-order valence-electron chi connectivity index (χ3n) is 4.60. The van der Waals surface area contributed by atoms with Gasteiger partial charge in [-0.1, -0.05) is 0 Å². The normalized spacial score (nSPS) is 19.2. The van der Waals surface area contributed by atoms with Crippen LogP contribution in [0.2, 0.25) is 0 Å². The van der Waals surface area contributed by atoms with Gasteiger partial charge in [-0.2, -0.15) is 0 Å². The number of guanidine groups is 1. The maximum atomic E-state index is 11.9. The quantitative estimate of drug-likeness (QED) is 0.595. The zero-order valence-corrected chi connectivity index (χ0v) is 16.2. The number of hydrogen-bond acceptors (Lipinski definition) is 5. The number of aryl methyl sites for hydroxylation is 2. The minimum Gasteiger partial charge on any atom is -0.352 e. The van der Waals surface area contributed by atoms with Gasteiger partial charge in [0.1, 0.15) is 0 Å². The Hall–Kier alpha value is -1.67. The highest BCUT2D eigenvalue weighted by Crippen LogP contribution is 2.18. The third-order valence-corrected chi connectivity index (χ3v) is 5.67. The molecule has 8 heteroatoms. The molecule has 0 spiro atoms. The Kier molecular flexibility index (Phi) is 5.90. The molecule has 0 unspecified atom stereocenters. The van der Waals surface area contributed by atoms with Crippen LogP contribution < -0.4 is 10.6 Å². The highest BCUT2D eigenvalue weighted by atomic mass is 32.1. The van der Waals surface area contributed by atoms with Crippen LogP contribution in [-0.4, -0.2) is 72.5 Å². The molecular weight excluding hydrogens is 336 g/mol. The lowest BCUT2D eigenvalue weighted by molar-refractivity contribution is -0.122. The lowest BCUT2D eigenvalue weighted by Crippen LogP contribution is -2.54. The summed E-state index contributed by atoms with van der Waals surface area (Å²) in [6.45, 7) is 8.90. The summed E-state index contributed by atoms with van der Waals surface area (Å²) in [5.41, 5.74) is 1.09. The van der Waals surface area contributed by atoms with Crippen molar-refractivity contribution in [2.45, 2.75) is 39.3 Å². The molecule has 1 amide bonds.